The van der Waals surface area contributed by atoms with Crippen LogP contribution in [0.1, 0.15) is 71.4 Å². The van der Waals surface area contributed by atoms with Gasteiger partial charge in [0.25, 0.3) is 11.8 Å². The van der Waals surface area contributed by atoms with Crippen molar-refractivity contribution >= 4 is 23.2 Å². The number of benzene rings is 4. The van der Waals surface area contributed by atoms with Gasteiger partial charge < -0.3 is 19.3 Å². The lowest BCUT2D eigenvalue weighted by Crippen LogP contribution is -2.42. The summed E-state index contributed by atoms with van der Waals surface area (Å²) < 4.78 is 11.6. The molecule has 0 fully saturated rings. The van der Waals surface area contributed by atoms with E-state index in [1.54, 1.807) is 9.80 Å². The van der Waals surface area contributed by atoms with Crippen molar-refractivity contribution in [3.8, 4) is 11.5 Å². The maximum absolute atomic E-state index is 14.0. The van der Waals surface area contributed by atoms with Crippen LogP contribution in [0.15, 0.2) is 97.1 Å². The zero-order valence-electron chi connectivity index (χ0n) is 26.4. The Bertz CT molecular complexity index is 1380. The number of hydrogen-bond acceptors (Lipinski definition) is 4. The van der Waals surface area contributed by atoms with Crippen molar-refractivity contribution in [2.24, 2.45) is 0 Å². The summed E-state index contributed by atoms with van der Waals surface area (Å²) in [6, 6.07) is 30.3. The van der Waals surface area contributed by atoms with Crippen LogP contribution in [0.3, 0.4) is 0 Å². The first-order chi connectivity index (χ1) is 21.4. The first-order valence-corrected chi connectivity index (χ1v) is 15.6. The number of nitrogens with zero attached hydrogens (tertiary/aromatic N) is 2. The van der Waals surface area contributed by atoms with Gasteiger partial charge in [-0.05, 0) is 98.5 Å². The van der Waals surface area contributed by atoms with E-state index in [4.69, 9.17) is 9.47 Å². The van der Waals surface area contributed by atoms with Gasteiger partial charge in [-0.15, -0.1) is 0 Å². The molecule has 0 N–H and O–H groups in total. The fourth-order valence-corrected chi connectivity index (χ4v) is 4.96. The number of aryl methyl sites for hydroxylation is 2. The largest absolute Gasteiger partial charge is 0.494 e. The molecule has 0 aromatic heterocycles. The Morgan fingerprint density at radius 2 is 0.909 bits per heavy atom. The molecule has 2 amide bonds. The lowest BCUT2D eigenvalue weighted by Gasteiger charge is -2.30. The average Bonchev–Trinajstić information content (AvgIpc) is 3.05. The van der Waals surface area contributed by atoms with E-state index in [1.807, 2.05) is 111 Å². The molecule has 0 atom stereocenters. The first kappa shape index (κ1) is 32.3. The monoisotopic (exact) mass is 592 g/mol. The molecule has 6 nitrogen and oxygen atoms in total. The summed E-state index contributed by atoms with van der Waals surface area (Å²) in [6.07, 6.45) is 4.08. The molecule has 0 saturated heterocycles. The van der Waals surface area contributed by atoms with Crippen LogP contribution in [0.4, 0.5) is 11.4 Å². The predicted octanol–water partition coefficient (Wildman–Crippen LogP) is 8.66. The van der Waals surface area contributed by atoms with Crippen LogP contribution in [0.25, 0.3) is 0 Å². The summed E-state index contributed by atoms with van der Waals surface area (Å²) in [6.45, 7) is 10.1. The zero-order valence-corrected chi connectivity index (χ0v) is 26.4. The van der Waals surface area contributed by atoms with E-state index in [0.29, 0.717) is 37.4 Å². The molecule has 0 aliphatic rings. The molecule has 0 saturated carbocycles. The molecule has 4 aromatic rings. The number of rotatable bonds is 15. The van der Waals surface area contributed by atoms with Crippen molar-refractivity contribution < 1.29 is 19.1 Å². The Morgan fingerprint density at radius 1 is 0.545 bits per heavy atom. The van der Waals surface area contributed by atoms with E-state index in [-0.39, 0.29) is 11.8 Å². The van der Waals surface area contributed by atoms with Gasteiger partial charge in [0.2, 0.25) is 0 Å². The summed E-state index contributed by atoms with van der Waals surface area (Å²) >= 11 is 0. The quantitative estimate of drug-likeness (QED) is 0.130. The van der Waals surface area contributed by atoms with E-state index in [0.717, 1.165) is 59.7 Å². The SMILES string of the molecule is CCCCOc1ccc(C(=O)N(CCN(C(=O)c2ccc(OCCCC)cc2)c2ccccc2C)c2ccccc2C)cc1. The first-order valence-electron chi connectivity index (χ1n) is 15.6. The minimum absolute atomic E-state index is 0.134. The third kappa shape index (κ3) is 8.50. The second kappa shape index (κ2) is 16.3. The fourth-order valence-electron chi connectivity index (χ4n) is 4.96. The lowest BCUT2D eigenvalue weighted by molar-refractivity contribution is 0.0967. The molecule has 6 heteroatoms. The smallest absolute Gasteiger partial charge is 0.258 e. The molecule has 0 radical (unpaired) electrons. The van der Waals surface area contributed by atoms with Gasteiger partial charge in [-0.25, -0.2) is 0 Å². The number of para-hydroxylation sites is 2. The molecule has 4 aromatic carbocycles. The molecular formula is C38H44N2O4. The highest BCUT2D eigenvalue weighted by atomic mass is 16.5. The molecule has 0 aliphatic carbocycles. The topological polar surface area (TPSA) is 59.1 Å². The average molecular weight is 593 g/mol. The second-order valence-corrected chi connectivity index (χ2v) is 10.9. The summed E-state index contributed by atoms with van der Waals surface area (Å²) in [7, 11) is 0. The number of ether oxygens (including phenoxy) is 2. The Morgan fingerprint density at radius 3 is 1.25 bits per heavy atom. The number of unbranched alkanes of at least 4 members (excludes halogenated alkanes) is 2. The van der Waals surface area contributed by atoms with E-state index >= 15 is 0 Å². The minimum Gasteiger partial charge on any atom is -0.494 e. The van der Waals surface area contributed by atoms with Crippen molar-refractivity contribution in [3.05, 3.63) is 119 Å². The Labute approximate surface area is 262 Å². The number of amides is 2. The van der Waals surface area contributed by atoms with Crippen molar-refractivity contribution in [2.75, 3.05) is 36.1 Å². The molecule has 0 aliphatic heterocycles. The lowest BCUT2D eigenvalue weighted by atomic mass is 10.1. The molecule has 0 heterocycles. The molecule has 44 heavy (non-hydrogen) atoms. The van der Waals surface area contributed by atoms with Crippen LogP contribution in [0.5, 0.6) is 11.5 Å². The summed E-state index contributed by atoms with van der Waals surface area (Å²) in [4.78, 5) is 31.6. The van der Waals surface area contributed by atoms with Gasteiger partial charge in [-0.2, -0.15) is 0 Å². The van der Waals surface area contributed by atoms with Crippen LogP contribution in [0, 0.1) is 13.8 Å². The van der Waals surface area contributed by atoms with Gasteiger partial charge >= 0.3 is 0 Å². The van der Waals surface area contributed by atoms with Gasteiger partial charge in [0.1, 0.15) is 11.5 Å². The maximum Gasteiger partial charge on any atom is 0.258 e. The number of hydrogen-bond donors (Lipinski definition) is 0. The molecule has 230 valence electrons. The molecule has 0 spiro atoms. The van der Waals surface area contributed by atoms with Gasteiger partial charge in [-0.3, -0.25) is 9.59 Å². The Balaban J connectivity index is 1.61. The third-order valence-corrected chi connectivity index (χ3v) is 7.59. The van der Waals surface area contributed by atoms with Gasteiger partial charge in [-0.1, -0.05) is 63.1 Å². The van der Waals surface area contributed by atoms with Crippen LogP contribution >= 0.6 is 0 Å². The highest BCUT2D eigenvalue weighted by molar-refractivity contribution is 6.08. The molecular weight excluding hydrogens is 548 g/mol. The molecule has 4 rings (SSSR count). The number of carbonyl (C=O) groups excluding carboxylic acids is 2. The van der Waals surface area contributed by atoms with Crippen LogP contribution < -0.4 is 19.3 Å². The van der Waals surface area contributed by atoms with E-state index in [2.05, 4.69) is 13.8 Å². The summed E-state index contributed by atoms with van der Waals surface area (Å²) in [5.74, 6) is 1.22. The zero-order chi connectivity index (χ0) is 31.3. The number of carbonyl (C=O) groups is 2. The fraction of sp³-hybridized carbons (Fsp3) is 0.316. The predicted molar refractivity (Wildman–Crippen MR) is 179 cm³/mol. The van der Waals surface area contributed by atoms with Gasteiger partial charge in [0.15, 0.2) is 0 Å². The van der Waals surface area contributed by atoms with Crippen molar-refractivity contribution in [1.82, 2.24) is 0 Å². The summed E-state index contributed by atoms with van der Waals surface area (Å²) in [5.41, 5.74) is 4.70. The highest BCUT2D eigenvalue weighted by Crippen LogP contribution is 2.26. The molecule has 0 unspecified atom stereocenters. The Kier molecular flexibility index (Phi) is 12.0. The van der Waals surface area contributed by atoms with E-state index in [1.165, 1.54) is 0 Å². The van der Waals surface area contributed by atoms with Crippen molar-refractivity contribution in [1.29, 1.82) is 0 Å². The highest BCUT2D eigenvalue weighted by Gasteiger charge is 2.24. The minimum atomic E-state index is -0.134. The third-order valence-electron chi connectivity index (χ3n) is 7.59. The van der Waals surface area contributed by atoms with E-state index in [9.17, 15) is 9.59 Å². The van der Waals surface area contributed by atoms with Gasteiger partial charge in [0.05, 0.1) is 13.2 Å². The van der Waals surface area contributed by atoms with Crippen LogP contribution in [-0.4, -0.2) is 38.1 Å². The standard InChI is InChI=1S/C38H44N2O4/c1-5-7-27-43-33-21-17-31(18-22-33)37(41)39(35-15-11-9-13-29(35)3)25-26-40(36-16-12-10-14-30(36)4)38(42)32-19-23-34(24-20-32)44-28-8-6-2/h9-24H,5-8,25-28H2,1-4H3. The van der Waals surface area contributed by atoms with Gasteiger partial charge in [0, 0.05) is 35.6 Å². The maximum atomic E-state index is 14.0. The molecule has 0 bridgehead atoms. The van der Waals surface area contributed by atoms with Crippen molar-refractivity contribution in [3.63, 3.8) is 0 Å². The summed E-state index contributed by atoms with van der Waals surface area (Å²) in [5, 5.41) is 0. The van der Waals surface area contributed by atoms with Crippen LogP contribution in [-0.2, 0) is 0 Å². The van der Waals surface area contributed by atoms with Crippen molar-refractivity contribution in [2.45, 2.75) is 53.4 Å². The van der Waals surface area contributed by atoms with E-state index < -0.39 is 0 Å². The number of anilines is 2. The van der Waals surface area contributed by atoms with Crippen LogP contribution in [0.2, 0.25) is 0 Å². The second-order valence-electron chi connectivity index (χ2n) is 10.9. The normalized spacial score (nSPS) is 10.7. The Hall–Kier alpha value is -4.58.